The molecule has 0 aliphatic heterocycles. The van der Waals surface area contributed by atoms with Gasteiger partial charge in [-0.2, -0.15) is 5.10 Å². The van der Waals surface area contributed by atoms with Crippen LogP contribution in [0.15, 0.2) is 24.4 Å². The molecular weight excluding hydrogens is 260 g/mol. The molecule has 0 aliphatic carbocycles. The van der Waals surface area contributed by atoms with Crippen molar-refractivity contribution < 1.29 is 5.11 Å². The van der Waals surface area contributed by atoms with Gasteiger partial charge in [0.05, 0.1) is 16.9 Å². The number of aliphatic hydroxyl groups is 1. The number of benzene rings is 1. The van der Waals surface area contributed by atoms with E-state index in [0.717, 1.165) is 5.56 Å². The van der Waals surface area contributed by atoms with E-state index in [1.54, 1.807) is 10.9 Å². The molecule has 1 aromatic heterocycles. The number of hydrogen-bond acceptors (Lipinski definition) is 2. The van der Waals surface area contributed by atoms with E-state index in [1.807, 2.05) is 6.92 Å². The molecule has 3 nitrogen and oxygen atoms in total. The van der Waals surface area contributed by atoms with Crippen molar-refractivity contribution in [3.63, 3.8) is 0 Å². The smallest absolute Gasteiger partial charge is 0.101 e. The Kier molecular flexibility index (Phi) is 4.27. The van der Waals surface area contributed by atoms with Gasteiger partial charge >= 0.3 is 0 Å². The summed E-state index contributed by atoms with van der Waals surface area (Å²) >= 11 is 6.11. The number of halogens is 1. The highest BCUT2D eigenvalue weighted by molar-refractivity contribution is 6.31. The second kappa shape index (κ2) is 5.76. The Morgan fingerprint density at radius 1 is 1.37 bits per heavy atom. The monoisotopic (exact) mass is 278 g/mol. The van der Waals surface area contributed by atoms with Gasteiger partial charge in [0.25, 0.3) is 0 Å². The Bertz CT molecular complexity index is 578. The van der Waals surface area contributed by atoms with Crippen LogP contribution in [0, 0.1) is 13.8 Å². The first-order valence-electron chi connectivity index (χ1n) is 6.48. The van der Waals surface area contributed by atoms with Crippen LogP contribution in [0.2, 0.25) is 5.02 Å². The largest absolute Gasteiger partial charge is 0.386 e. The summed E-state index contributed by atoms with van der Waals surface area (Å²) < 4.78 is 1.75. The Morgan fingerprint density at radius 3 is 2.79 bits per heavy atom. The summed E-state index contributed by atoms with van der Waals surface area (Å²) in [4.78, 5) is 0. The van der Waals surface area contributed by atoms with Gasteiger partial charge < -0.3 is 5.11 Å². The molecule has 1 aromatic carbocycles. The second-order valence-corrected chi connectivity index (χ2v) is 5.25. The van der Waals surface area contributed by atoms with Gasteiger partial charge in [-0.15, -0.1) is 0 Å². The maximum atomic E-state index is 10.4. The lowest BCUT2D eigenvalue weighted by Crippen LogP contribution is -2.11. The first-order chi connectivity index (χ1) is 9.02. The zero-order valence-electron chi connectivity index (χ0n) is 11.5. The van der Waals surface area contributed by atoms with E-state index in [1.165, 1.54) is 11.1 Å². The van der Waals surface area contributed by atoms with Crippen molar-refractivity contribution in [1.29, 1.82) is 0 Å². The van der Waals surface area contributed by atoms with Gasteiger partial charge in [0, 0.05) is 13.0 Å². The molecule has 102 valence electrons. The van der Waals surface area contributed by atoms with Gasteiger partial charge in [0.15, 0.2) is 0 Å². The maximum absolute atomic E-state index is 10.4. The van der Waals surface area contributed by atoms with Crippen LogP contribution >= 0.6 is 11.6 Å². The summed E-state index contributed by atoms with van der Waals surface area (Å²) in [6, 6.07) is 6.27. The molecule has 0 aliphatic rings. The quantitative estimate of drug-likeness (QED) is 0.930. The summed E-state index contributed by atoms with van der Waals surface area (Å²) in [7, 11) is 0. The van der Waals surface area contributed by atoms with Gasteiger partial charge in [0.2, 0.25) is 0 Å². The van der Waals surface area contributed by atoms with Gasteiger partial charge in [-0.3, -0.25) is 4.68 Å². The molecule has 1 atom stereocenters. The van der Waals surface area contributed by atoms with Crippen molar-refractivity contribution in [3.05, 3.63) is 51.8 Å². The first kappa shape index (κ1) is 14.1. The minimum absolute atomic E-state index is 0.527. The van der Waals surface area contributed by atoms with Crippen molar-refractivity contribution in [2.24, 2.45) is 0 Å². The minimum atomic E-state index is -0.629. The number of nitrogens with zero attached hydrogens (tertiary/aromatic N) is 2. The van der Waals surface area contributed by atoms with E-state index in [9.17, 15) is 5.11 Å². The van der Waals surface area contributed by atoms with Crippen molar-refractivity contribution in [2.75, 3.05) is 0 Å². The van der Waals surface area contributed by atoms with Gasteiger partial charge in [-0.05, 0) is 31.9 Å². The molecule has 1 heterocycles. The number of hydrogen-bond donors (Lipinski definition) is 1. The van der Waals surface area contributed by atoms with Crippen molar-refractivity contribution in [2.45, 2.75) is 39.8 Å². The van der Waals surface area contributed by atoms with Crippen molar-refractivity contribution in [1.82, 2.24) is 9.78 Å². The van der Waals surface area contributed by atoms with Gasteiger partial charge in [-0.25, -0.2) is 0 Å². The molecule has 19 heavy (non-hydrogen) atoms. The predicted octanol–water partition coefficient (Wildman–Crippen LogP) is 3.45. The van der Waals surface area contributed by atoms with Crippen LogP contribution in [0.3, 0.4) is 0 Å². The summed E-state index contributed by atoms with van der Waals surface area (Å²) in [5.74, 6) is 0. The normalized spacial score (nSPS) is 12.7. The number of aryl methyl sites for hydroxylation is 3. The molecule has 2 aromatic rings. The number of rotatable bonds is 4. The molecule has 0 amide bonds. The van der Waals surface area contributed by atoms with Gasteiger partial charge in [-0.1, -0.05) is 35.4 Å². The third-order valence-corrected chi connectivity index (χ3v) is 3.66. The molecule has 0 fully saturated rings. The Hall–Kier alpha value is -1.32. The fourth-order valence-electron chi connectivity index (χ4n) is 2.28. The molecule has 4 heteroatoms. The molecule has 2 rings (SSSR count). The van der Waals surface area contributed by atoms with Crippen molar-refractivity contribution >= 4 is 11.6 Å². The molecule has 1 N–H and O–H groups in total. The summed E-state index contributed by atoms with van der Waals surface area (Å²) in [6.07, 6.45) is 1.52. The number of aromatic nitrogens is 2. The SMILES string of the molecule is CCn1ncc(Cl)c1C(O)Cc1cc(C)ccc1C. The highest BCUT2D eigenvalue weighted by Gasteiger charge is 2.18. The summed E-state index contributed by atoms with van der Waals surface area (Å²) in [5, 5.41) is 15.1. The topological polar surface area (TPSA) is 38.0 Å². The third-order valence-electron chi connectivity index (χ3n) is 3.37. The van der Waals surface area contributed by atoms with E-state index in [4.69, 9.17) is 11.6 Å². The summed E-state index contributed by atoms with van der Waals surface area (Å²) in [6.45, 7) is 6.79. The van der Waals surface area contributed by atoms with Crippen LogP contribution in [0.5, 0.6) is 0 Å². The fraction of sp³-hybridized carbons (Fsp3) is 0.400. The van der Waals surface area contributed by atoms with Crippen LogP contribution in [-0.4, -0.2) is 14.9 Å². The molecule has 0 radical (unpaired) electrons. The van der Waals surface area contributed by atoms with Crippen LogP contribution in [-0.2, 0) is 13.0 Å². The van der Waals surface area contributed by atoms with E-state index < -0.39 is 6.10 Å². The lowest BCUT2D eigenvalue weighted by atomic mass is 9.99. The van der Waals surface area contributed by atoms with Crippen LogP contribution in [0.4, 0.5) is 0 Å². The zero-order valence-corrected chi connectivity index (χ0v) is 12.3. The molecule has 0 saturated carbocycles. The average molecular weight is 279 g/mol. The van der Waals surface area contributed by atoms with Crippen LogP contribution in [0.25, 0.3) is 0 Å². The predicted molar refractivity (Wildman–Crippen MR) is 77.5 cm³/mol. The highest BCUT2D eigenvalue weighted by Crippen LogP contribution is 2.26. The second-order valence-electron chi connectivity index (χ2n) is 4.84. The molecule has 0 spiro atoms. The zero-order chi connectivity index (χ0) is 14.0. The standard InChI is InChI=1S/C15H19ClN2O/c1-4-18-15(13(16)9-17-18)14(19)8-12-7-10(2)5-6-11(12)3/h5-7,9,14,19H,4,8H2,1-3H3. The molecular formula is C15H19ClN2O. The third kappa shape index (κ3) is 2.99. The Labute approximate surface area is 118 Å². The minimum Gasteiger partial charge on any atom is -0.386 e. The lowest BCUT2D eigenvalue weighted by molar-refractivity contribution is 0.167. The molecule has 0 bridgehead atoms. The van der Waals surface area contributed by atoms with Crippen LogP contribution in [0.1, 0.15) is 35.4 Å². The Morgan fingerprint density at radius 2 is 2.11 bits per heavy atom. The van der Waals surface area contributed by atoms with E-state index in [-0.39, 0.29) is 0 Å². The Balaban J connectivity index is 2.27. The fourth-order valence-corrected chi connectivity index (χ4v) is 2.55. The first-order valence-corrected chi connectivity index (χ1v) is 6.86. The van der Waals surface area contributed by atoms with Crippen molar-refractivity contribution in [3.8, 4) is 0 Å². The molecule has 0 saturated heterocycles. The lowest BCUT2D eigenvalue weighted by Gasteiger charge is -2.15. The van der Waals surface area contributed by atoms with E-state index in [2.05, 4.69) is 37.1 Å². The highest BCUT2D eigenvalue weighted by atomic mass is 35.5. The molecule has 1 unspecified atom stereocenters. The van der Waals surface area contributed by atoms with Crippen LogP contribution < -0.4 is 0 Å². The average Bonchev–Trinajstić information content (AvgIpc) is 2.75. The summed E-state index contributed by atoms with van der Waals surface area (Å²) in [5.41, 5.74) is 4.23. The number of aliphatic hydroxyl groups excluding tert-OH is 1. The maximum Gasteiger partial charge on any atom is 0.101 e. The van der Waals surface area contributed by atoms with Gasteiger partial charge in [0.1, 0.15) is 6.10 Å². The van der Waals surface area contributed by atoms with E-state index in [0.29, 0.717) is 23.7 Å². The van der Waals surface area contributed by atoms with E-state index >= 15 is 0 Å².